The van der Waals surface area contributed by atoms with Gasteiger partial charge in [0.1, 0.15) is 5.78 Å². The maximum atomic E-state index is 12.6. The van der Waals surface area contributed by atoms with E-state index in [2.05, 4.69) is 33.9 Å². The third kappa shape index (κ3) is 15.3. The van der Waals surface area contributed by atoms with Crippen LogP contribution in [0.5, 0.6) is 0 Å². The van der Waals surface area contributed by atoms with E-state index in [0.29, 0.717) is 6.42 Å². The molecule has 0 heterocycles. The van der Waals surface area contributed by atoms with Crippen molar-refractivity contribution >= 4 is 17.4 Å². The van der Waals surface area contributed by atoms with Crippen molar-refractivity contribution in [1.29, 1.82) is 0 Å². The second kappa shape index (κ2) is 21.2. The summed E-state index contributed by atoms with van der Waals surface area (Å²) in [6.07, 6.45) is 9.12. The van der Waals surface area contributed by atoms with Crippen LogP contribution >= 0.6 is 11.6 Å². The maximum Gasteiger partial charge on any atom is 0.416 e. The van der Waals surface area contributed by atoms with Gasteiger partial charge in [-0.3, -0.25) is 4.79 Å². The van der Waals surface area contributed by atoms with Gasteiger partial charge in [0.05, 0.1) is 11.0 Å². The molecule has 0 radical (unpaired) electrons. The molecule has 37 heavy (non-hydrogen) atoms. The lowest BCUT2D eigenvalue weighted by molar-refractivity contribution is -0.123. The first kappa shape index (κ1) is 37.3. The predicted molar refractivity (Wildman–Crippen MR) is 156 cm³/mol. The van der Waals surface area contributed by atoms with Gasteiger partial charge in [-0.05, 0) is 63.6 Å². The van der Waals surface area contributed by atoms with Crippen molar-refractivity contribution in [3.05, 3.63) is 71.3 Å². The SMILES string of the molecule is C=C.CC/C=C(\C=C(/C)CCCCCC)C(F)(F)F.CCCCCC(CC)(C(C)=O)c1ccc(Cl)cc1. The number of rotatable bonds is 14. The summed E-state index contributed by atoms with van der Waals surface area (Å²) in [5.41, 5.74) is 1.10. The number of Topliss-reactive ketones (excluding diaryl/α,β-unsaturated/α-hetero) is 1. The van der Waals surface area contributed by atoms with Gasteiger partial charge in [0.15, 0.2) is 0 Å². The second-order valence-corrected chi connectivity index (χ2v) is 9.76. The zero-order valence-electron chi connectivity index (χ0n) is 24.1. The molecule has 212 valence electrons. The van der Waals surface area contributed by atoms with Gasteiger partial charge in [-0.2, -0.15) is 13.2 Å². The van der Waals surface area contributed by atoms with Crippen molar-refractivity contribution in [2.75, 3.05) is 0 Å². The van der Waals surface area contributed by atoms with Crippen LogP contribution in [0.1, 0.15) is 118 Å². The Morgan fingerprint density at radius 2 is 1.43 bits per heavy atom. The topological polar surface area (TPSA) is 17.1 Å². The molecule has 1 rings (SSSR count). The summed E-state index contributed by atoms with van der Waals surface area (Å²) in [6, 6.07) is 7.76. The summed E-state index contributed by atoms with van der Waals surface area (Å²) in [4.78, 5) is 12.1. The Kier molecular flexibility index (Phi) is 21.4. The summed E-state index contributed by atoms with van der Waals surface area (Å²) in [5.74, 6) is 0.267. The number of benzene rings is 1. The smallest absolute Gasteiger partial charge is 0.299 e. The standard InChI is InChI=1S/C16H23ClO.C14H23F3.C2H4/c1-4-6-7-12-16(5-2,13(3)18)14-8-10-15(17)11-9-14;1-4-6-7-8-10-12(3)11-13(9-5-2)14(15,16)17;1-2/h8-11H,4-7,12H2,1-3H3;9,11H,4-8,10H2,1-3H3;1-2H2/b;12-11+,13-9+;. The maximum absolute atomic E-state index is 12.6. The number of hydrogen-bond acceptors (Lipinski definition) is 1. The van der Waals surface area contributed by atoms with E-state index in [1.54, 1.807) is 20.8 Å². The summed E-state index contributed by atoms with van der Waals surface area (Å²) in [6.45, 7) is 17.6. The number of carbonyl (C=O) groups excluding carboxylic acids is 1. The van der Waals surface area contributed by atoms with Crippen LogP contribution < -0.4 is 0 Å². The molecule has 0 amide bonds. The molecule has 0 N–H and O–H groups in total. The Morgan fingerprint density at radius 1 is 0.892 bits per heavy atom. The first-order valence-electron chi connectivity index (χ1n) is 13.7. The van der Waals surface area contributed by atoms with E-state index in [-0.39, 0.29) is 11.2 Å². The molecule has 0 aromatic heterocycles. The molecule has 1 nitrogen and oxygen atoms in total. The molecule has 0 aliphatic rings. The molecule has 0 saturated heterocycles. The minimum atomic E-state index is -4.22. The number of carbonyl (C=O) groups is 1. The molecule has 1 unspecified atom stereocenters. The largest absolute Gasteiger partial charge is 0.416 e. The van der Waals surface area contributed by atoms with Gasteiger partial charge in [-0.15, -0.1) is 13.2 Å². The van der Waals surface area contributed by atoms with Crippen LogP contribution in [0.3, 0.4) is 0 Å². The highest BCUT2D eigenvalue weighted by Crippen LogP contribution is 2.35. The molecule has 0 aliphatic heterocycles. The van der Waals surface area contributed by atoms with Crippen LogP contribution in [0.2, 0.25) is 5.02 Å². The quantitative estimate of drug-likeness (QED) is 0.130. The van der Waals surface area contributed by atoms with Gasteiger partial charge < -0.3 is 0 Å². The Labute approximate surface area is 230 Å². The fraction of sp³-hybridized carbons (Fsp3) is 0.594. The average Bonchev–Trinajstić information content (AvgIpc) is 2.86. The Bertz CT molecular complexity index is 793. The number of ketones is 1. The lowest BCUT2D eigenvalue weighted by Crippen LogP contribution is -2.33. The van der Waals surface area contributed by atoms with E-state index in [9.17, 15) is 18.0 Å². The first-order chi connectivity index (χ1) is 17.5. The van der Waals surface area contributed by atoms with Crippen molar-refractivity contribution in [2.24, 2.45) is 0 Å². The molecule has 0 aliphatic carbocycles. The van der Waals surface area contributed by atoms with Crippen molar-refractivity contribution in [3.8, 4) is 0 Å². The van der Waals surface area contributed by atoms with Crippen molar-refractivity contribution in [2.45, 2.75) is 124 Å². The molecule has 1 atom stereocenters. The molecule has 0 saturated carbocycles. The molecular weight excluding hydrogens is 493 g/mol. The summed E-state index contributed by atoms with van der Waals surface area (Å²) >= 11 is 5.93. The van der Waals surface area contributed by atoms with Gasteiger partial charge in [-0.25, -0.2) is 0 Å². The third-order valence-corrected chi connectivity index (χ3v) is 6.71. The van der Waals surface area contributed by atoms with Crippen LogP contribution in [0, 0.1) is 0 Å². The zero-order chi connectivity index (χ0) is 28.9. The average molecular weight is 543 g/mol. The van der Waals surface area contributed by atoms with Crippen LogP contribution in [0.25, 0.3) is 0 Å². The second-order valence-electron chi connectivity index (χ2n) is 9.32. The number of hydrogen-bond donors (Lipinski definition) is 0. The summed E-state index contributed by atoms with van der Waals surface area (Å²) in [5, 5.41) is 0.723. The number of allylic oxidation sites excluding steroid dienone is 4. The monoisotopic (exact) mass is 542 g/mol. The van der Waals surface area contributed by atoms with Gasteiger partial charge in [0.25, 0.3) is 0 Å². The Morgan fingerprint density at radius 3 is 1.86 bits per heavy atom. The van der Waals surface area contributed by atoms with Gasteiger partial charge in [0.2, 0.25) is 0 Å². The van der Waals surface area contributed by atoms with E-state index in [4.69, 9.17) is 11.6 Å². The molecule has 5 heteroatoms. The lowest BCUT2D eigenvalue weighted by atomic mass is 9.71. The van der Waals surface area contributed by atoms with E-state index in [1.807, 2.05) is 24.3 Å². The minimum absolute atomic E-state index is 0.267. The van der Waals surface area contributed by atoms with Crippen molar-refractivity contribution < 1.29 is 18.0 Å². The predicted octanol–water partition coefficient (Wildman–Crippen LogP) is 11.8. The number of unbranched alkanes of at least 4 members (excludes halogenated alkanes) is 5. The van der Waals surface area contributed by atoms with Crippen LogP contribution in [-0.4, -0.2) is 12.0 Å². The summed E-state index contributed by atoms with van der Waals surface area (Å²) in [7, 11) is 0. The van der Waals surface area contributed by atoms with Crippen LogP contribution in [0.4, 0.5) is 13.2 Å². The highest BCUT2D eigenvalue weighted by atomic mass is 35.5. The van der Waals surface area contributed by atoms with Crippen LogP contribution in [0.15, 0.2) is 60.7 Å². The Hall–Kier alpha value is -1.81. The number of alkyl halides is 3. The minimum Gasteiger partial charge on any atom is -0.299 e. The van der Waals surface area contributed by atoms with E-state index in [1.165, 1.54) is 25.0 Å². The number of halogens is 4. The van der Waals surface area contributed by atoms with Gasteiger partial charge in [0, 0.05) is 5.02 Å². The first-order valence-corrected chi connectivity index (χ1v) is 14.1. The van der Waals surface area contributed by atoms with Gasteiger partial charge >= 0.3 is 6.18 Å². The molecule has 0 fully saturated rings. The van der Waals surface area contributed by atoms with Crippen LogP contribution in [-0.2, 0) is 10.2 Å². The highest BCUT2D eigenvalue weighted by Gasteiger charge is 2.34. The van der Waals surface area contributed by atoms with Crippen molar-refractivity contribution in [3.63, 3.8) is 0 Å². The normalized spacial score (nSPS) is 13.6. The fourth-order valence-corrected chi connectivity index (χ4v) is 4.37. The highest BCUT2D eigenvalue weighted by molar-refractivity contribution is 6.30. The zero-order valence-corrected chi connectivity index (χ0v) is 24.8. The fourth-order valence-electron chi connectivity index (χ4n) is 4.24. The van der Waals surface area contributed by atoms with E-state index >= 15 is 0 Å². The van der Waals surface area contributed by atoms with E-state index in [0.717, 1.165) is 67.5 Å². The molecule has 1 aromatic rings. The molecular formula is C32H50ClF3O. The third-order valence-electron chi connectivity index (χ3n) is 6.46. The lowest BCUT2D eigenvalue weighted by Gasteiger charge is -2.31. The molecule has 0 bridgehead atoms. The molecule has 1 aromatic carbocycles. The summed E-state index contributed by atoms with van der Waals surface area (Å²) < 4.78 is 37.8. The van der Waals surface area contributed by atoms with Crippen molar-refractivity contribution in [1.82, 2.24) is 0 Å². The molecule has 0 spiro atoms. The van der Waals surface area contributed by atoms with Gasteiger partial charge in [-0.1, -0.05) is 108 Å². The van der Waals surface area contributed by atoms with E-state index < -0.39 is 11.7 Å². The Balaban J connectivity index is 0.